The van der Waals surface area contributed by atoms with E-state index in [1.807, 2.05) is 37.3 Å². The van der Waals surface area contributed by atoms with Crippen LogP contribution >= 0.6 is 0 Å². The molecule has 0 radical (unpaired) electrons. The van der Waals surface area contributed by atoms with Crippen LogP contribution < -0.4 is 4.90 Å². The minimum atomic E-state index is -0.232. The minimum absolute atomic E-state index is 0.000273. The topological polar surface area (TPSA) is 50.5 Å². The molecule has 1 aromatic heterocycles. The van der Waals surface area contributed by atoms with Crippen LogP contribution in [0.5, 0.6) is 0 Å². The third kappa shape index (κ3) is 3.81. The zero-order valence-electron chi connectivity index (χ0n) is 12.3. The number of carbonyl (C=O) groups excluding carboxylic acids is 2. The lowest BCUT2D eigenvalue weighted by molar-refractivity contribution is -0.118. The highest BCUT2D eigenvalue weighted by atomic mass is 16.3. The van der Waals surface area contributed by atoms with Gasteiger partial charge < -0.3 is 9.32 Å². The van der Waals surface area contributed by atoms with Crippen molar-refractivity contribution in [2.45, 2.75) is 19.8 Å². The number of hydrogen-bond donors (Lipinski definition) is 0. The number of para-hydroxylation sites is 1. The van der Waals surface area contributed by atoms with E-state index in [1.54, 1.807) is 24.1 Å². The Balaban J connectivity index is 1.88. The molecular weight excluding hydrogens is 266 g/mol. The number of rotatable bonds is 6. The molecule has 0 aliphatic rings. The second kappa shape index (κ2) is 6.88. The summed E-state index contributed by atoms with van der Waals surface area (Å²) in [6.07, 6.45) is 2.32. The fraction of sp³-hybridized carbons (Fsp3) is 0.294. The molecule has 0 fully saturated rings. The van der Waals surface area contributed by atoms with Crippen LogP contribution in [-0.2, 0) is 4.79 Å². The highest BCUT2D eigenvalue weighted by Crippen LogP contribution is 2.17. The number of furan rings is 1. The largest absolute Gasteiger partial charge is 0.461 e. The third-order valence-corrected chi connectivity index (χ3v) is 3.52. The summed E-state index contributed by atoms with van der Waals surface area (Å²) in [7, 11) is 1.75. The summed E-state index contributed by atoms with van der Waals surface area (Å²) in [5, 5.41) is 0. The zero-order chi connectivity index (χ0) is 15.2. The number of Topliss-reactive ketones (excluding diaryl/α,β-unsaturated/α-hetero) is 1. The third-order valence-electron chi connectivity index (χ3n) is 3.52. The predicted octanol–water partition coefficient (Wildman–Crippen LogP) is 3.54. The molecule has 0 N–H and O–H groups in total. The van der Waals surface area contributed by atoms with Crippen molar-refractivity contribution in [3.05, 3.63) is 54.5 Å². The van der Waals surface area contributed by atoms with Crippen molar-refractivity contribution in [3.8, 4) is 0 Å². The van der Waals surface area contributed by atoms with E-state index in [-0.39, 0.29) is 17.6 Å². The Morgan fingerprint density at radius 3 is 2.48 bits per heavy atom. The van der Waals surface area contributed by atoms with Crippen LogP contribution in [0.4, 0.5) is 5.69 Å². The molecule has 1 aromatic carbocycles. The fourth-order valence-corrected chi connectivity index (χ4v) is 2.10. The van der Waals surface area contributed by atoms with Gasteiger partial charge in [-0.15, -0.1) is 0 Å². The quantitative estimate of drug-likeness (QED) is 0.763. The molecule has 110 valence electrons. The lowest BCUT2D eigenvalue weighted by Crippen LogP contribution is -2.26. The summed E-state index contributed by atoms with van der Waals surface area (Å²) in [6, 6.07) is 12.8. The standard InChI is InChI=1S/C17H19NO3/c1-13(17(20)15-9-6-12-21-15)10-11-16(19)18(2)14-7-4-3-5-8-14/h3-9,12-13H,10-11H2,1-2H3/t13-/m1/s1. The molecule has 21 heavy (non-hydrogen) atoms. The second-order valence-electron chi connectivity index (χ2n) is 5.07. The smallest absolute Gasteiger partial charge is 0.226 e. The van der Waals surface area contributed by atoms with E-state index in [0.717, 1.165) is 5.69 Å². The molecule has 0 saturated heterocycles. The number of anilines is 1. The van der Waals surface area contributed by atoms with Crippen LogP contribution in [-0.4, -0.2) is 18.7 Å². The number of hydrogen-bond acceptors (Lipinski definition) is 3. The van der Waals surface area contributed by atoms with Crippen molar-refractivity contribution >= 4 is 17.4 Å². The molecule has 0 aliphatic heterocycles. The van der Waals surface area contributed by atoms with Crippen LogP contribution in [0.3, 0.4) is 0 Å². The first-order valence-electron chi connectivity index (χ1n) is 6.99. The van der Waals surface area contributed by atoms with Crippen LogP contribution in [0.2, 0.25) is 0 Å². The van der Waals surface area contributed by atoms with E-state index < -0.39 is 0 Å². The van der Waals surface area contributed by atoms with E-state index in [4.69, 9.17) is 4.42 Å². The van der Waals surface area contributed by atoms with Crippen LogP contribution in [0.1, 0.15) is 30.3 Å². The number of nitrogens with zero attached hydrogens (tertiary/aromatic N) is 1. The molecule has 1 amide bonds. The first-order chi connectivity index (χ1) is 10.1. The SMILES string of the molecule is C[C@H](CCC(=O)N(C)c1ccccc1)C(=O)c1ccco1. The molecule has 0 unspecified atom stereocenters. The van der Waals surface area contributed by atoms with Crippen molar-refractivity contribution in [2.24, 2.45) is 5.92 Å². The van der Waals surface area contributed by atoms with Crippen molar-refractivity contribution in [1.82, 2.24) is 0 Å². The lowest BCUT2D eigenvalue weighted by atomic mass is 9.98. The van der Waals surface area contributed by atoms with Gasteiger partial charge >= 0.3 is 0 Å². The summed E-state index contributed by atoms with van der Waals surface area (Å²) in [6.45, 7) is 1.82. The highest BCUT2D eigenvalue weighted by molar-refractivity contribution is 5.96. The molecule has 0 bridgehead atoms. The van der Waals surface area contributed by atoms with Crippen LogP contribution in [0.15, 0.2) is 53.1 Å². The van der Waals surface area contributed by atoms with Gasteiger partial charge in [-0.3, -0.25) is 9.59 Å². The Kier molecular flexibility index (Phi) is 4.93. The number of amides is 1. The molecule has 4 nitrogen and oxygen atoms in total. The summed E-state index contributed by atoms with van der Waals surface area (Å²) in [5.74, 6) is 0.0612. The molecule has 0 spiro atoms. The van der Waals surface area contributed by atoms with E-state index in [0.29, 0.717) is 18.6 Å². The van der Waals surface area contributed by atoms with E-state index in [9.17, 15) is 9.59 Å². The van der Waals surface area contributed by atoms with Gasteiger partial charge in [0.1, 0.15) is 0 Å². The molecular formula is C17H19NO3. The van der Waals surface area contributed by atoms with E-state index in [1.165, 1.54) is 6.26 Å². The van der Waals surface area contributed by atoms with Crippen LogP contribution in [0, 0.1) is 5.92 Å². The fourth-order valence-electron chi connectivity index (χ4n) is 2.10. The molecule has 4 heteroatoms. The van der Waals surface area contributed by atoms with Gasteiger partial charge in [-0.2, -0.15) is 0 Å². The first-order valence-corrected chi connectivity index (χ1v) is 6.99. The number of benzene rings is 1. The van der Waals surface area contributed by atoms with Crippen LogP contribution in [0.25, 0.3) is 0 Å². The van der Waals surface area contributed by atoms with E-state index >= 15 is 0 Å². The summed E-state index contributed by atoms with van der Waals surface area (Å²) in [5.41, 5.74) is 0.854. The Morgan fingerprint density at radius 1 is 1.14 bits per heavy atom. The first kappa shape index (κ1) is 15.0. The Bertz CT molecular complexity index is 590. The van der Waals surface area contributed by atoms with Crippen molar-refractivity contribution in [2.75, 3.05) is 11.9 Å². The Labute approximate surface area is 124 Å². The monoisotopic (exact) mass is 285 g/mol. The molecule has 0 aliphatic carbocycles. The molecule has 1 atom stereocenters. The van der Waals surface area contributed by atoms with Crippen molar-refractivity contribution in [3.63, 3.8) is 0 Å². The normalized spacial score (nSPS) is 11.9. The summed E-state index contributed by atoms with van der Waals surface area (Å²) >= 11 is 0. The average molecular weight is 285 g/mol. The summed E-state index contributed by atoms with van der Waals surface area (Å²) in [4.78, 5) is 25.8. The average Bonchev–Trinajstić information content (AvgIpc) is 3.06. The second-order valence-corrected chi connectivity index (χ2v) is 5.07. The maximum Gasteiger partial charge on any atom is 0.226 e. The molecule has 0 saturated carbocycles. The molecule has 2 rings (SSSR count). The maximum absolute atomic E-state index is 12.1. The maximum atomic E-state index is 12.1. The molecule has 2 aromatic rings. The van der Waals surface area contributed by atoms with Crippen molar-refractivity contribution in [1.29, 1.82) is 0 Å². The lowest BCUT2D eigenvalue weighted by Gasteiger charge is -2.18. The van der Waals surface area contributed by atoms with Gasteiger partial charge in [-0.1, -0.05) is 25.1 Å². The number of ketones is 1. The Hall–Kier alpha value is -2.36. The van der Waals surface area contributed by atoms with Crippen molar-refractivity contribution < 1.29 is 14.0 Å². The van der Waals surface area contributed by atoms with Gasteiger partial charge in [0, 0.05) is 25.1 Å². The van der Waals surface area contributed by atoms with Gasteiger partial charge in [0.05, 0.1) is 6.26 Å². The Morgan fingerprint density at radius 2 is 1.86 bits per heavy atom. The van der Waals surface area contributed by atoms with Gasteiger partial charge in [-0.05, 0) is 30.7 Å². The highest BCUT2D eigenvalue weighted by Gasteiger charge is 2.20. The van der Waals surface area contributed by atoms with Gasteiger partial charge in [0.15, 0.2) is 5.76 Å². The number of carbonyl (C=O) groups is 2. The summed E-state index contributed by atoms with van der Waals surface area (Å²) < 4.78 is 5.10. The van der Waals surface area contributed by atoms with E-state index in [2.05, 4.69) is 0 Å². The van der Waals surface area contributed by atoms with Gasteiger partial charge in [0.25, 0.3) is 0 Å². The van der Waals surface area contributed by atoms with Gasteiger partial charge in [0.2, 0.25) is 11.7 Å². The minimum Gasteiger partial charge on any atom is -0.461 e. The predicted molar refractivity (Wildman–Crippen MR) is 81.3 cm³/mol. The van der Waals surface area contributed by atoms with Gasteiger partial charge in [-0.25, -0.2) is 0 Å². The molecule has 1 heterocycles. The zero-order valence-corrected chi connectivity index (χ0v) is 12.3.